The van der Waals surface area contributed by atoms with Gasteiger partial charge in [-0.05, 0) is 12.6 Å². The standard InChI is InChI=1S/C12H13N3O2S/c1-2-13-7-12-14-10(8-18-12)9-5-3-4-6-11(9)15(16)17/h3-6,8,13H,2,7H2,1H3. The Morgan fingerprint density at radius 3 is 2.94 bits per heavy atom. The first-order valence-electron chi connectivity index (χ1n) is 5.61. The molecule has 0 bridgehead atoms. The van der Waals surface area contributed by atoms with E-state index < -0.39 is 0 Å². The van der Waals surface area contributed by atoms with Crippen molar-refractivity contribution >= 4 is 17.0 Å². The Labute approximate surface area is 109 Å². The molecule has 0 saturated heterocycles. The molecule has 0 unspecified atom stereocenters. The summed E-state index contributed by atoms with van der Waals surface area (Å²) in [4.78, 5) is 15.0. The minimum absolute atomic E-state index is 0.0952. The summed E-state index contributed by atoms with van der Waals surface area (Å²) in [6.07, 6.45) is 0. The molecule has 0 saturated carbocycles. The molecule has 6 heteroatoms. The van der Waals surface area contributed by atoms with Gasteiger partial charge in [0, 0.05) is 18.0 Å². The number of aromatic nitrogens is 1. The Balaban J connectivity index is 2.31. The van der Waals surface area contributed by atoms with Crippen LogP contribution in [0.1, 0.15) is 11.9 Å². The first-order valence-corrected chi connectivity index (χ1v) is 6.49. The summed E-state index contributed by atoms with van der Waals surface area (Å²) < 4.78 is 0. The fourth-order valence-electron chi connectivity index (χ4n) is 1.60. The summed E-state index contributed by atoms with van der Waals surface area (Å²) in [7, 11) is 0. The Hall–Kier alpha value is -1.79. The maximum absolute atomic E-state index is 10.9. The highest BCUT2D eigenvalue weighted by atomic mass is 32.1. The van der Waals surface area contributed by atoms with Gasteiger partial charge < -0.3 is 5.32 Å². The molecule has 2 aromatic rings. The molecule has 0 aliphatic carbocycles. The van der Waals surface area contributed by atoms with E-state index in [1.165, 1.54) is 17.4 Å². The third-order valence-electron chi connectivity index (χ3n) is 2.45. The molecule has 0 aliphatic rings. The first-order chi connectivity index (χ1) is 8.72. The van der Waals surface area contributed by atoms with Gasteiger partial charge in [0.05, 0.1) is 16.2 Å². The number of hydrogen-bond acceptors (Lipinski definition) is 5. The predicted molar refractivity (Wildman–Crippen MR) is 71.6 cm³/mol. The second-order valence-electron chi connectivity index (χ2n) is 3.68. The number of hydrogen-bond donors (Lipinski definition) is 1. The van der Waals surface area contributed by atoms with E-state index in [2.05, 4.69) is 10.3 Å². The molecular weight excluding hydrogens is 250 g/mol. The molecule has 0 amide bonds. The molecular formula is C12H13N3O2S. The molecule has 0 radical (unpaired) electrons. The van der Waals surface area contributed by atoms with Crippen molar-refractivity contribution in [1.29, 1.82) is 0 Å². The Kier molecular flexibility index (Phi) is 4.01. The number of nitrogens with one attached hydrogen (secondary N) is 1. The smallest absolute Gasteiger partial charge is 0.278 e. The van der Waals surface area contributed by atoms with E-state index in [9.17, 15) is 10.1 Å². The van der Waals surface area contributed by atoms with E-state index in [1.807, 2.05) is 12.3 Å². The summed E-state index contributed by atoms with van der Waals surface area (Å²) in [5.41, 5.74) is 1.33. The van der Waals surface area contributed by atoms with Crippen LogP contribution in [-0.2, 0) is 6.54 Å². The van der Waals surface area contributed by atoms with Crippen molar-refractivity contribution in [2.45, 2.75) is 13.5 Å². The third kappa shape index (κ3) is 2.72. The molecule has 1 N–H and O–H groups in total. The Morgan fingerprint density at radius 1 is 1.44 bits per heavy atom. The maximum Gasteiger partial charge on any atom is 0.278 e. The molecule has 1 heterocycles. The second kappa shape index (κ2) is 5.70. The summed E-state index contributed by atoms with van der Waals surface area (Å²) in [5.74, 6) is 0. The normalized spacial score (nSPS) is 10.5. The molecule has 1 aromatic carbocycles. The SMILES string of the molecule is CCNCc1nc(-c2ccccc2[N+](=O)[O-])cs1. The van der Waals surface area contributed by atoms with E-state index >= 15 is 0 Å². The second-order valence-corrected chi connectivity index (χ2v) is 4.62. The zero-order chi connectivity index (χ0) is 13.0. The van der Waals surface area contributed by atoms with Gasteiger partial charge in [-0.15, -0.1) is 11.3 Å². The summed E-state index contributed by atoms with van der Waals surface area (Å²) >= 11 is 1.51. The van der Waals surface area contributed by atoms with E-state index in [0.717, 1.165) is 11.6 Å². The van der Waals surface area contributed by atoms with Crippen LogP contribution in [0.25, 0.3) is 11.3 Å². The van der Waals surface area contributed by atoms with Crippen LogP contribution in [0, 0.1) is 10.1 Å². The van der Waals surface area contributed by atoms with Crippen LogP contribution in [0.4, 0.5) is 5.69 Å². The molecule has 18 heavy (non-hydrogen) atoms. The number of para-hydroxylation sites is 1. The molecule has 0 fully saturated rings. The van der Waals surface area contributed by atoms with Crippen molar-refractivity contribution in [3.8, 4) is 11.3 Å². The van der Waals surface area contributed by atoms with Crippen LogP contribution in [0.2, 0.25) is 0 Å². The summed E-state index contributed by atoms with van der Waals surface area (Å²) in [5, 5.41) is 16.9. The highest BCUT2D eigenvalue weighted by Crippen LogP contribution is 2.30. The van der Waals surface area contributed by atoms with Crippen LogP contribution in [0.3, 0.4) is 0 Å². The van der Waals surface area contributed by atoms with E-state index in [1.54, 1.807) is 18.2 Å². The first kappa shape index (κ1) is 12.7. The number of rotatable bonds is 5. The third-order valence-corrected chi connectivity index (χ3v) is 3.30. The van der Waals surface area contributed by atoms with Crippen LogP contribution in [0.15, 0.2) is 29.6 Å². The lowest BCUT2D eigenvalue weighted by Gasteiger charge is -1.99. The monoisotopic (exact) mass is 263 g/mol. The minimum atomic E-state index is -0.376. The summed E-state index contributed by atoms with van der Waals surface area (Å²) in [6.45, 7) is 3.60. The average Bonchev–Trinajstić information content (AvgIpc) is 2.85. The lowest BCUT2D eigenvalue weighted by atomic mass is 10.1. The number of nitro benzene ring substituents is 1. The predicted octanol–water partition coefficient (Wildman–Crippen LogP) is 2.83. The molecule has 94 valence electrons. The molecule has 0 atom stereocenters. The van der Waals surface area contributed by atoms with Crippen molar-refractivity contribution in [3.05, 3.63) is 44.8 Å². The maximum atomic E-state index is 10.9. The van der Waals surface area contributed by atoms with Crippen molar-refractivity contribution < 1.29 is 4.92 Å². The van der Waals surface area contributed by atoms with Crippen molar-refractivity contribution in [3.63, 3.8) is 0 Å². The topological polar surface area (TPSA) is 68.1 Å². The van der Waals surface area contributed by atoms with Crippen molar-refractivity contribution in [2.75, 3.05) is 6.54 Å². The zero-order valence-electron chi connectivity index (χ0n) is 9.92. The lowest BCUT2D eigenvalue weighted by Crippen LogP contribution is -2.11. The fraction of sp³-hybridized carbons (Fsp3) is 0.250. The Bertz CT molecular complexity index is 554. The van der Waals surface area contributed by atoms with Crippen molar-refractivity contribution in [2.24, 2.45) is 0 Å². The summed E-state index contributed by atoms with van der Waals surface area (Å²) in [6, 6.07) is 6.67. The van der Waals surface area contributed by atoms with Crippen molar-refractivity contribution in [1.82, 2.24) is 10.3 Å². The van der Waals surface area contributed by atoms with Gasteiger partial charge >= 0.3 is 0 Å². The van der Waals surface area contributed by atoms with Crippen LogP contribution < -0.4 is 5.32 Å². The van der Waals surface area contributed by atoms with E-state index in [-0.39, 0.29) is 10.6 Å². The zero-order valence-corrected chi connectivity index (χ0v) is 10.7. The van der Waals surface area contributed by atoms with E-state index in [4.69, 9.17) is 0 Å². The lowest BCUT2D eigenvalue weighted by molar-refractivity contribution is -0.384. The molecule has 1 aromatic heterocycles. The van der Waals surface area contributed by atoms with Crippen LogP contribution in [-0.4, -0.2) is 16.5 Å². The Morgan fingerprint density at radius 2 is 2.22 bits per heavy atom. The van der Waals surface area contributed by atoms with Gasteiger partial charge in [0.2, 0.25) is 0 Å². The van der Waals surface area contributed by atoms with Crippen LogP contribution in [0.5, 0.6) is 0 Å². The fourth-order valence-corrected chi connectivity index (χ4v) is 2.36. The minimum Gasteiger partial charge on any atom is -0.311 e. The van der Waals surface area contributed by atoms with E-state index in [0.29, 0.717) is 17.8 Å². The van der Waals surface area contributed by atoms with Gasteiger partial charge in [-0.25, -0.2) is 4.98 Å². The van der Waals surface area contributed by atoms with Gasteiger partial charge in [-0.3, -0.25) is 10.1 Å². The van der Waals surface area contributed by atoms with Gasteiger partial charge in [0.25, 0.3) is 5.69 Å². The molecule has 0 aliphatic heterocycles. The molecule has 5 nitrogen and oxygen atoms in total. The largest absolute Gasteiger partial charge is 0.311 e. The van der Waals surface area contributed by atoms with Gasteiger partial charge in [-0.1, -0.05) is 19.1 Å². The van der Waals surface area contributed by atoms with Gasteiger partial charge in [0.1, 0.15) is 5.01 Å². The molecule has 0 spiro atoms. The number of nitro groups is 1. The highest BCUT2D eigenvalue weighted by Gasteiger charge is 2.16. The average molecular weight is 263 g/mol. The number of benzene rings is 1. The van der Waals surface area contributed by atoms with Crippen LogP contribution >= 0.6 is 11.3 Å². The number of nitrogens with zero attached hydrogens (tertiary/aromatic N) is 2. The van der Waals surface area contributed by atoms with Gasteiger partial charge in [-0.2, -0.15) is 0 Å². The molecule has 2 rings (SSSR count). The quantitative estimate of drug-likeness (QED) is 0.665. The number of thiazole rings is 1. The highest BCUT2D eigenvalue weighted by molar-refractivity contribution is 7.09. The van der Waals surface area contributed by atoms with Gasteiger partial charge in [0.15, 0.2) is 0 Å².